The minimum atomic E-state index is 0.526. The van der Waals surface area contributed by atoms with Crippen LogP contribution >= 0.6 is 0 Å². The van der Waals surface area contributed by atoms with Gasteiger partial charge < -0.3 is 14.5 Å². The average molecular weight is 365 g/mol. The number of aromatic nitrogens is 2. The predicted molar refractivity (Wildman–Crippen MR) is 108 cm³/mol. The molecule has 0 bridgehead atoms. The largest absolute Gasteiger partial charge is 0.493 e. The fraction of sp³-hybridized carbons (Fsp3) is 0.409. The summed E-state index contributed by atoms with van der Waals surface area (Å²) < 4.78 is 11.1. The maximum Gasteiger partial charge on any atom is 0.161 e. The summed E-state index contributed by atoms with van der Waals surface area (Å²) in [5.41, 5.74) is 3.55. The van der Waals surface area contributed by atoms with E-state index >= 15 is 0 Å². The van der Waals surface area contributed by atoms with Crippen LogP contribution in [-0.2, 0) is 6.54 Å². The van der Waals surface area contributed by atoms with E-state index in [1.54, 1.807) is 7.11 Å². The van der Waals surface area contributed by atoms with E-state index < -0.39 is 0 Å². The molecule has 0 amide bonds. The molecule has 1 unspecified atom stereocenters. The molecule has 142 valence electrons. The Hall–Kier alpha value is -2.53. The lowest BCUT2D eigenvalue weighted by Crippen LogP contribution is -2.34. The van der Waals surface area contributed by atoms with Gasteiger partial charge in [0.25, 0.3) is 0 Å². The van der Waals surface area contributed by atoms with Gasteiger partial charge in [0.2, 0.25) is 0 Å². The van der Waals surface area contributed by atoms with E-state index in [9.17, 15) is 0 Å². The molecule has 1 saturated heterocycles. The maximum atomic E-state index is 5.73. The van der Waals surface area contributed by atoms with Gasteiger partial charge in [0.1, 0.15) is 5.65 Å². The Balaban J connectivity index is 1.47. The first kappa shape index (κ1) is 17.9. The van der Waals surface area contributed by atoms with Crippen molar-refractivity contribution in [3.8, 4) is 11.5 Å². The Labute approximate surface area is 160 Å². The highest BCUT2D eigenvalue weighted by Crippen LogP contribution is 2.31. The van der Waals surface area contributed by atoms with Crippen LogP contribution in [0, 0.1) is 0 Å². The molecule has 1 aromatic carbocycles. The number of ether oxygens (including phenoxy) is 2. The normalized spacial score (nSPS) is 17.9. The Kier molecular flexibility index (Phi) is 5.30. The second kappa shape index (κ2) is 8.01. The summed E-state index contributed by atoms with van der Waals surface area (Å²) in [6.07, 6.45) is 4.27. The van der Waals surface area contributed by atoms with E-state index in [1.165, 1.54) is 29.5 Å². The summed E-state index contributed by atoms with van der Waals surface area (Å²) in [7, 11) is 1.68. The van der Waals surface area contributed by atoms with Gasteiger partial charge in [0.15, 0.2) is 11.5 Å². The summed E-state index contributed by atoms with van der Waals surface area (Å²) in [4.78, 5) is 10.5. The number of pyridine rings is 1. The van der Waals surface area contributed by atoms with Crippen molar-refractivity contribution in [2.75, 3.05) is 26.8 Å². The van der Waals surface area contributed by atoms with E-state index in [-0.39, 0.29) is 0 Å². The van der Waals surface area contributed by atoms with Gasteiger partial charge in [0.05, 0.1) is 13.7 Å². The fourth-order valence-corrected chi connectivity index (χ4v) is 4.00. The number of benzene rings is 1. The molecule has 1 aliphatic heterocycles. The molecule has 1 atom stereocenters. The first-order valence-electron chi connectivity index (χ1n) is 9.72. The van der Waals surface area contributed by atoms with Crippen molar-refractivity contribution in [2.24, 2.45) is 0 Å². The Bertz CT molecular complexity index is 872. The molecule has 0 aliphatic carbocycles. The van der Waals surface area contributed by atoms with Crippen molar-refractivity contribution in [1.82, 2.24) is 14.9 Å². The number of nitrogens with zero attached hydrogens (tertiary/aromatic N) is 2. The second-order valence-electron chi connectivity index (χ2n) is 7.16. The van der Waals surface area contributed by atoms with Crippen LogP contribution in [-0.4, -0.2) is 41.7 Å². The molecule has 4 rings (SSSR count). The van der Waals surface area contributed by atoms with Gasteiger partial charge in [-0.15, -0.1) is 0 Å². The van der Waals surface area contributed by atoms with Gasteiger partial charge in [-0.2, -0.15) is 0 Å². The number of hydrogen-bond donors (Lipinski definition) is 1. The molecule has 1 N–H and O–H groups in total. The van der Waals surface area contributed by atoms with Gasteiger partial charge in [-0.25, -0.2) is 4.98 Å². The smallest absolute Gasteiger partial charge is 0.161 e. The molecule has 0 spiro atoms. The molecule has 0 saturated carbocycles. The van der Waals surface area contributed by atoms with Crippen LogP contribution < -0.4 is 9.47 Å². The van der Waals surface area contributed by atoms with Gasteiger partial charge in [-0.05, 0) is 62.2 Å². The van der Waals surface area contributed by atoms with E-state index in [1.807, 2.05) is 25.3 Å². The number of nitrogens with one attached hydrogen (secondary N) is 1. The molecular weight excluding hydrogens is 338 g/mol. The standard InChI is InChI=1S/C22H27N3O2/c1-3-27-21-12-16(8-9-20(21)26-2)14-25-11-5-7-18(15-25)19-13-17-6-4-10-23-22(17)24-19/h4,6,8-10,12-13,18H,3,5,7,11,14-15H2,1-2H3,(H,23,24). The number of likely N-dealkylation sites (tertiary alicyclic amines) is 1. The zero-order valence-electron chi connectivity index (χ0n) is 16.1. The minimum absolute atomic E-state index is 0.526. The van der Waals surface area contributed by atoms with Crippen molar-refractivity contribution in [3.05, 3.63) is 53.9 Å². The highest BCUT2D eigenvalue weighted by atomic mass is 16.5. The average Bonchev–Trinajstić information content (AvgIpc) is 3.13. The molecule has 0 radical (unpaired) electrons. The minimum Gasteiger partial charge on any atom is -0.493 e. The summed E-state index contributed by atoms with van der Waals surface area (Å²) in [5, 5.41) is 1.20. The predicted octanol–water partition coefficient (Wildman–Crippen LogP) is 4.35. The highest BCUT2D eigenvalue weighted by molar-refractivity contribution is 5.76. The molecule has 5 nitrogen and oxygen atoms in total. The van der Waals surface area contributed by atoms with Crippen LogP contribution in [0.3, 0.4) is 0 Å². The SMILES string of the molecule is CCOc1cc(CN2CCCC(c3cc4cccnc4[nH]3)C2)ccc1OC. The van der Waals surface area contributed by atoms with E-state index in [0.717, 1.165) is 36.8 Å². The van der Waals surface area contributed by atoms with Crippen molar-refractivity contribution < 1.29 is 9.47 Å². The zero-order valence-corrected chi connectivity index (χ0v) is 16.1. The van der Waals surface area contributed by atoms with Gasteiger partial charge >= 0.3 is 0 Å². The summed E-state index contributed by atoms with van der Waals surface area (Å²) in [6, 6.07) is 12.6. The van der Waals surface area contributed by atoms with Crippen LogP contribution in [0.25, 0.3) is 11.0 Å². The molecule has 5 heteroatoms. The summed E-state index contributed by atoms with van der Waals surface area (Å²) in [6.45, 7) is 5.75. The number of piperidine rings is 1. The second-order valence-corrected chi connectivity index (χ2v) is 7.16. The lowest BCUT2D eigenvalue weighted by Gasteiger charge is -2.32. The molecule has 3 heterocycles. The van der Waals surface area contributed by atoms with Gasteiger partial charge in [0, 0.05) is 36.3 Å². The molecule has 1 aliphatic rings. The summed E-state index contributed by atoms with van der Waals surface area (Å²) >= 11 is 0. The molecule has 2 aromatic heterocycles. The van der Waals surface area contributed by atoms with Crippen LogP contribution in [0.4, 0.5) is 0 Å². The Morgan fingerprint density at radius 1 is 1.22 bits per heavy atom. The first-order valence-corrected chi connectivity index (χ1v) is 9.72. The van der Waals surface area contributed by atoms with Gasteiger partial charge in [-0.3, -0.25) is 4.90 Å². The van der Waals surface area contributed by atoms with E-state index in [0.29, 0.717) is 12.5 Å². The fourth-order valence-electron chi connectivity index (χ4n) is 4.00. The van der Waals surface area contributed by atoms with Gasteiger partial charge in [-0.1, -0.05) is 6.07 Å². The zero-order chi connectivity index (χ0) is 18.6. The number of H-pyrrole nitrogens is 1. The van der Waals surface area contributed by atoms with Crippen LogP contribution in [0.2, 0.25) is 0 Å². The van der Waals surface area contributed by atoms with Crippen molar-refractivity contribution in [1.29, 1.82) is 0 Å². The van der Waals surface area contributed by atoms with Crippen LogP contribution in [0.5, 0.6) is 11.5 Å². The number of methoxy groups -OCH3 is 1. The van der Waals surface area contributed by atoms with E-state index in [4.69, 9.17) is 9.47 Å². The molecule has 1 fully saturated rings. The monoisotopic (exact) mass is 365 g/mol. The molecule has 3 aromatic rings. The number of hydrogen-bond acceptors (Lipinski definition) is 4. The maximum absolute atomic E-state index is 5.73. The van der Waals surface area contributed by atoms with Crippen LogP contribution in [0.15, 0.2) is 42.6 Å². The Morgan fingerprint density at radius 3 is 2.96 bits per heavy atom. The highest BCUT2D eigenvalue weighted by Gasteiger charge is 2.23. The first-order chi connectivity index (χ1) is 13.3. The topological polar surface area (TPSA) is 50.4 Å². The third kappa shape index (κ3) is 3.93. The van der Waals surface area contributed by atoms with Crippen molar-refractivity contribution in [3.63, 3.8) is 0 Å². The lowest BCUT2D eigenvalue weighted by molar-refractivity contribution is 0.198. The number of fused-ring (bicyclic) bond motifs is 1. The molecule has 27 heavy (non-hydrogen) atoms. The lowest BCUT2D eigenvalue weighted by atomic mass is 9.94. The van der Waals surface area contributed by atoms with E-state index in [2.05, 4.69) is 39.1 Å². The number of rotatable bonds is 6. The summed E-state index contributed by atoms with van der Waals surface area (Å²) in [5.74, 6) is 2.15. The Morgan fingerprint density at radius 2 is 2.15 bits per heavy atom. The molecular formula is C22H27N3O2. The third-order valence-electron chi connectivity index (χ3n) is 5.29. The van der Waals surface area contributed by atoms with Crippen molar-refractivity contribution in [2.45, 2.75) is 32.2 Å². The van der Waals surface area contributed by atoms with Crippen molar-refractivity contribution >= 4 is 11.0 Å². The number of aromatic amines is 1. The third-order valence-corrected chi connectivity index (χ3v) is 5.29. The quantitative estimate of drug-likeness (QED) is 0.706. The van der Waals surface area contributed by atoms with Crippen LogP contribution in [0.1, 0.15) is 36.9 Å².